The molecule has 0 heterocycles. The molecule has 0 saturated heterocycles. The van der Waals surface area contributed by atoms with Crippen molar-refractivity contribution in [1.82, 2.24) is 20.5 Å². The van der Waals surface area contributed by atoms with Crippen LogP contribution in [0.3, 0.4) is 0 Å². The Kier molecular flexibility index (Phi) is 7.53. The van der Waals surface area contributed by atoms with Gasteiger partial charge in [-0.3, -0.25) is 25.2 Å². The monoisotopic (exact) mass is 410 g/mol. The second-order valence-electron chi connectivity index (χ2n) is 6.87. The van der Waals surface area contributed by atoms with Crippen LogP contribution in [0.25, 0.3) is 0 Å². The Morgan fingerprint density at radius 3 is 2.18 bits per heavy atom. The van der Waals surface area contributed by atoms with Crippen LogP contribution in [0.4, 0.5) is 0 Å². The first-order valence-corrected chi connectivity index (χ1v) is 10.6. The molecule has 10 heteroatoms. The van der Waals surface area contributed by atoms with Crippen LogP contribution < -0.4 is 16.2 Å². The zero-order chi connectivity index (χ0) is 20.7. The lowest BCUT2D eigenvalue weighted by atomic mass is 9.89. The van der Waals surface area contributed by atoms with E-state index in [4.69, 9.17) is 0 Å². The Bertz CT molecular complexity index is 815. The molecular weight excluding hydrogens is 384 g/mol. The van der Waals surface area contributed by atoms with Crippen LogP contribution in [0, 0.1) is 5.92 Å². The molecule has 0 bridgehead atoms. The Balaban J connectivity index is 1.79. The maximum absolute atomic E-state index is 12.1. The molecule has 0 unspecified atom stereocenters. The predicted octanol–water partition coefficient (Wildman–Crippen LogP) is 0.394. The molecule has 154 valence electrons. The minimum atomic E-state index is -3.57. The number of carbonyl (C=O) groups is 3. The van der Waals surface area contributed by atoms with Gasteiger partial charge in [0.1, 0.15) is 0 Å². The summed E-state index contributed by atoms with van der Waals surface area (Å²) in [5.41, 5.74) is 4.90. The maximum atomic E-state index is 12.1. The number of sulfonamides is 1. The summed E-state index contributed by atoms with van der Waals surface area (Å²) in [5, 5.41) is 2.42. The molecule has 9 nitrogen and oxygen atoms in total. The fraction of sp³-hybridized carbons (Fsp3) is 0.500. The molecule has 1 fully saturated rings. The predicted molar refractivity (Wildman–Crippen MR) is 103 cm³/mol. The van der Waals surface area contributed by atoms with Crippen molar-refractivity contribution in [1.29, 1.82) is 0 Å². The SMILES string of the molecule is CN(C)S(=O)(=O)c1ccc(C(=O)NCC(=O)NNC(=O)C2CCCCC2)cc1. The Morgan fingerprint density at radius 2 is 1.61 bits per heavy atom. The first-order valence-electron chi connectivity index (χ1n) is 9.11. The van der Waals surface area contributed by atoms with Gasteiger partial charge in [-0.1, -0.05) is 19.3 Å². The number of benzene rings is 1. The van der Waals surface area contributed by atoms with E-state index in [1.165, 1.54) is 38.4 Å². The van der Waals surface area contributed by atoms with Gasteiger partial charge >= 0.3 is 0 Å². The lowest BCUT2D eigenvalue weighted by molar-refractivity contribution is -0.131. The van der Waals surface area contributed by atoms with Crippen LogP contribution in [0.15, 0.2) is 29.2 Å². The molecule has 1 aromatic rings. The van der Waals surface area contributed by atoms with Crippen molar-refractivity contribution in [2.24, 2.45) is 5.92 Å². The van der Waals surface area contributed by atoms with Crippen LogP contribution in [0.5, 0.6) is 0 Å². The molecule has 0 radical (unpaired) electrons. The van der Waals surface area contributed by atoms with E-state index in [1.807, 2.05) is 0 Å². The molecule has 0 aromatic heterocycles. The van der Waals surface area contributed by atoms with Crippen molar-refractivity contribution < 1.29 is 22.8 Å². The average molecular weight is 410 g/mol. The van der Waals surface area contributed by atoms with Crippen LogP contribution in [-0.2, 0) is 19.6 Å². The normalized spacial score (nSPS) is 15.1. The zero-order valence-corrected chi connectivity index (χ0v) is 16.8. The molecule has 0 aliphatic heterocycles. The van der Waals surface area contributed by atoms with Gasteiger partial charge < -0.3 is 5.32 Å². The lowest BCUT2D eigenvalue weighted by Gasteiger charge is -2.20. The molecule has 3 N–H and O–H groups in total. The van der Waals surface area contributed by atoms with Gasteiger partial charge in [-0.05, 0) is 37.1 Å². The number of rotatable bonds is 6. The van der Waals surface area contributed by atoms with E-state index >= 15 is 0 Å². The van der Waals surface area contributed by atoms with E-state index in [0.29, 0.717) is 0 Å². The number of nitrogens with zero attached hydrogens (tertiary/aromatic N) is 1. The molecule has 3 amide bonds. The number of hydrogen-bond acceptors (Lipinski definition) is 5. The number of hydrazine groups is 1. The minimum absolute atomic E-state index is 0.0669. The van der Waals surface area contributed by atoms with Crippen molar-refractivity contribution in [3.05, 3.63) is 29.8 Å². The summed E-state index contributed by atoms with van der Waals surface area (Å²) >= 11 is 0. The highest BCUT2D eigenvalue weighted by Crippen LogP contribution is 2.23. The summed E-state index contributed by atoms with van der Waals surface area (Å²) in [4.78, 5) is 35.9. The molecule has 0 atom stereocenters. The largest absolute Gasteiger partial charge is 0.343 e. The van der Waals surface area contributed by atoms with Crippen LogP contribution in [0.2, 0.25) is 0 Å². The van der Waals surface area contributed by atoms with E-state index in [2.05, 4.69) is 16.2 Å². The van der Waals surface area contributed by atoms with Gasteiger partial charge in [0, 0.05) is 25.6 Å². The topological polar surface area (TPSA) is 125 Å². The molecule has 1 saturated carbocycles. The van der Waals surface area contributed by atoms with Crippen molar-refractivity contribution in [2.45, 2.75) is 37.0 Å². The van der Waals surface area contributed by atoms with Gasteiger partial charge in [-0.15, -0.1) is 0 Å². The van der Waals surface area contributed by atoms with Crippen LogP contribution in [-0.4, -0.2) is 51.1 Å². The standard InChI is InChI=1S/C18H26N4O5S/c1-22(2)28(26,27)15-10-8-14(9-11-15)17(24)19-12-16(23)20-21-18(25)13-6-4-3-5-7-13/h8-11,13H,3-7,12H2,1-2H3,(H,19,24)(H,20,23)(H,21,25). The molecule has 0 spiro atoms. The highest BCUT2D eigenvalue weighted by atomic mass is 32.2. The van der Waals surface area contributed by atoms with Gasteiger partial charge in [0.25, 0.3) is 11.8 Å². The smallest absolute Gasteiger partial charge is 0.257 e. The quantitative estimate of drug-likeness (QED) is 0.585. The first-order chi connectivity index (χ1) is 13.2. The average Bonchev–Trinajstić information content (AvgIpc) is 2.70. The van der Waals surface area contributed by atoms with Gasteiger partial charge in [-0.2, -0.15) is 0 Å². The molecule has 1 aliphatic rings. The van der Waals surface area contributed by atoms with Gasteiger partial charge in [0.2, 0.25) is 15.9 Å². The van der Waals surface area contributed by atoms with Crippen molar-refractivity contribution in [3.63, 3.8) is 0 Å². The second-order valence-corrected chi connectivity index (χ2v) is 9.02. The summed E-state index contributed by atoms with van der Waals surface area (Å²) in [6.07, 6.45) is 4.79. The Hall–Kier alpha value is -2.46. The van der Waals surface area contributed by atoms with E-state index < -0.39 is 21.8 Å². The number of amides is 3. The zero-order valence-electron chi connectivity index (χ0n) is 16.0. The molecule has 1 aromatic carbocycles. The summed E-state index contributed by atoms with van der Waals surface area (Å²) in [6, 6.07) is 5.40. The maximum Gasteiger partial charge on any atom is 0.257 e. The van der Waals surface area contributed by atoms with Crippen molar-refractivity contribution in [3.8, 4) is 0 Å². The van der Waals surface area contributed by atoms with Crippen LogP contribution in [0.1, 0.15) is 42.5 Å². The third-order valence-electron chi connectivity index (χ3n) is 4.61. The van der Waals surface area contributed by atoms with Gasteiger partial charge in [-0.25, -0.2) is 12.7 Å². The lowest BCUT2D eigenvalue weighted by Crippen LogP contribution is -2.48. The summed E-state index contributed by atoms with van der Waals surface area (Å²) in [6.45, 7) is -0.318. The molecule has 28 heavy (non-hydrogen) atoms. The second kappa shape index (κ2) is 9.65. The fourth-order valence-electron chi connectivity index (χ4n) is 2.89. The Morgan fingerprint density at radius 1 is 1.00 bits per heavy atom. The summed E-state index contributed by atoms with van der Waals surface area (Å²) in [5.74, 6) is -1.37. The Labute approximate surface area is 164 Å². The minimum Gasteiger partial charge on any atom is -0.343 e. The summed E-state index contributed by atoms with van der Waals surface area (Å²) < 4.78 is 25.1. The van der Waals surface area contributed by atoms with Gasteiger partial charge in [0.05, 0.1) is 11.4 Å². The molecule has 2 rings (SSSR count). The number of carbonyl (C=O) groups excluding carboxylic acids is 3. The third-order valence-corrected chi connectivity index (χ3v) is 6.43. The van der Waals surface area contributed by atoms with E-state index in [1.54, 1.807) is 0 Å². The first kappa shape index (κ1) is 21.8. The van der Waals surface area contributed by atoms with E-state index in [9.17, 15) is 22.8 Å². The van der Waals surface area contributed by atoms with Crippen molar-refractivity contribution >= 4 is 27.7 Å². The fourth-order valence-corrected chi connectivity index (χ4v) is 3.80. The highest BCUT2D eigenvalue weighted by Gasteiger charge is 2.21. The molecular formula is C18H26N4O5S. The van der Waals surface area contributed by atoms with Gasteiger partial charge in [0.15, 0.2) is 0 Å². The van der Waals surface area contributed by atoms with Crippen LogP contribution >= 0.6 is 0 Å². The highest BCUT2D eigenvalue weighted by molar-refractivity contribution is 7.89. The number of nitrogens with one attached hydrogen (secondary N) is 3. The van der Waals surface area contributed by atoms with E-state index in [0.717, 1.165) is 36.4 Å². The third kappa shape index (κ3) is 5.77. The number of hydrogen-bond donors (Lipinski definition) is 3. The van der Waals surface area contributed by atoms with E-state index in [-0.39, 0.29) is 28.8 Å². The summed E-state index contributed by atoms with van der Waals surface area (Å²) in [7, 11) is -0.736. The molecule has 1 aliphatic carbocycles. The van der Waals surface area contributed by atoms with Crippen molar-refractivity contribution in [2.75, 3.05) is 20.6 Å².